The lowest BCUT2D eigenvalue weighted by Gasteiger charge is -2.36. The number of hydrogen-bond donors (Lipinski definition) is 1. The summed E-state index contributed by atoms with van der Waals surface area (Å²) in [6.45, 7) is 5.56. The number of benzene rings is 1. The van der Waals surface area contributed by atoms with Crippen LogP contribution in [0, 0.1) is 0 Å². The maximum Gasteiger partial charge on any atom is 0.416 e. The first-order valence-corrected chi connectivity index (χ1v) is 13.5. The van der Waals surface area contributed by atoms with Crippen molar-refractivity contribution in [1.29, 1.82) is 0 Å². The van der Waals surface area contributed by atoms with Crippen LogP contribution in [0.3, 0.4) is 0 Å². The van der Waals surface area contributed by atoms with E-state index in [1.165, 1.54) is 17.0 Å². The summed E-state index contributed by atoms with van der Waals surface area (Å²) in [5, 5.41) is 3.01. The summed E-state index contributed by atoms with van der Waals surface area (Å²) in [5.41, 5.74) is 0.188. The summed E-state index contributed by atoms with van der Waals surface area (Å²) >= 11 is 6.53. The molecule has 6 rings (SSSR count). The summed E-state index contributed by atoms with van der Waals surface area (Å²) in [6, 6.07) is 10.8. The Bertz CT molecular complexity index is 1490. The van der Waals surface area contributed by atoms with Gasteiger partial charge in [-0.25, -0.2) is 9.78 Å². The monoisotopic (exact) mass is 589 g/mol. The van der Waals surface area contributed by atoms with Gasteiger partial charge >= 0.3 is 12.2 Å². The molecule has 0 radical (unpaired) electrons. The van der Waals surface area contributed by atoms with Crippen LogP contribution in [-0.2, 0) is 15.7 Å². The van der Waals surface area contributed by atoms with E-state index >= 15 is 0 Å². The number of urea groups is 1. The van der Waals surface area contributed by atoms with Gasteiger partial charge in [0.15, 0.2) is 11.6 Å². The molecule has 216 valence electrons. The molecule has 41 heavy (non-hydrogen) atoms. The molecule has 0 spiro atoms. The molecule has 2 bridgehead atoms. The summed E-state index contributed by atoms with van der Waals surface area (Å²) in [7, 11) is 0. The van der Waals surface area contributed by atoms with E-state index in [1.54, 1.807) is 24.3 Å². The van der Waals surface area contributed by atoms with Crippen molar-refractivity contribution in [1.82, 2.24) is 9.97 Å². The van der Waals surface area contributed by atoms with Gasteiger partial charge in [-0.2, -0.15) is 18.2 Å². The number of nitrogens with zero attached hydrogens (tertiary/aromatic N) is 4. The minimum Gasteiger partial charge on any atom is -0.475 e. The Labute approximate surface area is 239 Å². The number of carbonyl (C=O) groups excluding carboxylic acids is 1. The lowest BCUT2D eigenvalue weighted by Crippen LogP contribution is -2.48. The fourth-order valence-electron chi connectivity index (χ4n) is 5.29. The summed E-state index contributed by atoms with van der Waals surface area (Å²) < 4.78 is 57.2. The van der Waals surface area contributed by atoms with E-state index in [0.29, 0.717) is 43.5 Å². The van der Waals surface area contributed by atoms with Crippen LogP contribution in [0.15, 0.2) is 48.5 Å². The van der Waals surface area contributed by atoms with E-state index in [0.717, 1.165) is 12.1 Å². The van der Waals surface area contributed by atoms with Crippen molar-refractivity contribution in [3.05, 3.63) is 59.1 Å². The van der Waals surface area contributed by atoms with Crippen molar-refractivity contribution in [2.45, 2.75) is 44.4 Å². The average Bonchev–Trinajstić information content (AvgIpc) is 3.50. The van der Waals surface area contributed by atoms with Gasteiger partial charge in [0.2, 0.25) is 5.88 Å². The number of halogens is 4. The van der Waals surface area contributed by atoms with Gasteiger partial charge in [0.05, 0.1) is 34.6 Å². The molecule has 3 aliphatic rings. The SMILES string of the molecule is CC1(C)OC[C@@H](COc2cccc(NC(=O)N3c4nc(-c5cccc(C(F)(F)F)c5)c(Cl)cc4N4CCC3C4)n2)O1. The fourth-order valence-corrected chi connectivity index (χ4v) is 5.54. The Morgan fingerprint density at radius 3 is 2.76 bits per heavy atom. The predicted molar refractivity (Wildman–Crippen MR) is 146 cm³/mol. The van der Waals surface area contributed by atoms with Crippen LogP contribution in [0.25, 0.3) is 11.3 Å². The number of carbonyl (C=O) groups is 1. The smallest absolute Gasteiger partial charge is 0.416 e. The van der Waals surface area contributed by atoms with Crippen LogP contribution < -0.4 is 19.9 Å². The summed E-state index contributed by atoms with van der Waals surface area (Å²) in [6.07, 6.45) is -4.08. The summed E-state index contributed by atoms with van der Waals surface area (Å²) in [4.78, 5) is 26.3. The first-order chi connectivity index (χ1) is 19.5. The number of fused-ring (bicyclic) bond motifs is 4. The van der Waals surface area contributed by atoms with Gasteiger partial charge in [0, 0.05) is 24.7 Å². The third-order valence-electron chi connectivity index (χ3n) is 7.16. The quantitative estimate of drug-likeness (QED) is 0.392. The highest BCUT2D eigenvalue weighted by molar-refractivity contribution is 6.33. The van der Waals surface area contributed by atoms with E-state index in [4.69, 9.17) is 25.8 Å². The molecular weight excluding hydrogens is 563 g/mol. The number of rotatable bonds is 5. The Morgan fingerprint density at radius 2 is 2.00 bits per heavy atom. The highest BCUT2D eigenvalue weighted by Crippen LogP contribution is 2.44. The Balaban J connectivity index is 1.25. The van der Waals surface area contributed by atoms with Gasteiger partial charge in [0.25, 0.3) is 0 Å². The van der Waals surface area contributed by atoms with Crippen LogP contribution in [-0.4, -0.2) is 60.2 Å². The Morgan fingerprint density at radius 1 is 1.20 bits per heavy atom. The summed E-state index contributed by atoms with van der Waals surface area (Å²) in [5.74, 6) is 0.225. The molecular formula is C28H27ClF3N5O4. The van der Waals surface area contributed by atoms with Crippen LogP contribution in [0.2, 0.25) is 5.02 Å². The first-order valence-electron chi connectivity index (χ1n) is 13.1. The van der Waals surface area contributed by atoms with Gasteiger partial charge in [-0.15, -0.1) is 0 Å². The highest BCUT2D eigenvalue weighted by atomic mass is 35.5. The molecule has 0 saturated carbocycles. The van der Waals surface area contributed by atoms with Crippen molar-refractivity contribution >= 4 is 35.0 Å². The Kier molecular flexibility index (Phi) is 6.95. The second-order valence-corrected chi connectivity index (χ2v) is 11.0. The molecule has 5 heterocycles. The van der Waals surface area contributed by atoms with Crippen LogP contribution >= 0.6 is 11.6 Å². The van der Waals surface area contributed by atoms with Gasteiger partial charge in [-0.3, -0.25) is 10.2 Å². The fraction of sp³-hybridized carbons (Fsp3) is 0.393. The maximum atomic E-state index is 13.6. The molecule has 13 heteroatoms. The maximum absolute atomic E-state index is 13.6. The molecule has 2 fully saturated rings. The van der Waals surface area contributed by atoms with Crippen LogP contribution in [0.4, 0.5) is 35.3 Å². The first kappa shape index (κ1) is 27.6. The Hall–Kier alpha value is -3.61. The zero-order valence-electron chi connectivity index (χ0n) is 22.2. The number of anilines is 3. The van der Waals surface area contributed by atoms with E-state index in [1.807, 2.05) is 13.8 Å². The molecule has 3 aliphatic heterocycles. The van der Waals surface area contributed by atoms with Crippen molar-refractivity contribution in [3.63, 3.8) is 0 Å². The number of pyridine rings is 2. The largest absolute Gasteiger partial charge is 0.475 e. The lowest BCUT2D eigenvalue weighted by atomic mass is 10.1. The number of amides is 2. The van der Waals surface area contributed by atoms with Gasteiger partial charge in [-0.1, -0.05) is 29.8 Å². The topological polar surface area (TPSA) is 89.1 Å². The van der Waals surface area contributed by atoms with Crippen molar-refractivity contribution in [2.24, 2.45) is 0 Å². The predicted octanol–water partition coefficient (Wildman–Crippen LogP) is 5.98. The van der Waals surface area contributed by atoms with Crippen molar-refractivity contribution < 1.29 is 32.2 Å². The minimum atomic E-state index is -4.52. The molecule has 2 atom stereocenters. The van der Waals surface area contributed by atoms with Gasteiger partial charge in [-0.05, 0) is 44.5 Å². The number of aromatic nitrogens is 2. The molecule has 1 aromatic carbocycles. The third kappa shape index (κ3) is 5.64. The number of alkyl halides is 3. The van der Waals surface area contributed by atoms with E-state index in [9.17, 15) is 18.0 Å². The molecule has 2 amide bonds. The zero-order chi connectivity index (χ0) is 28.9. The van der Waals surface area contributed by atoms with E-state index in [2.05, 4.69) is 20.2 Å². The minimum absolute atomic E-state index is 0.159. The molecule has 2 aromatic heterocycles. The van der Waals surface area contributed by atoms with Gasteiger partial charge in [0.1, 0.15) is 18.5 Å². The zero-order valence-corrected chi connectivity index (χ0v) is 23.0. The molecule has 9 nitrogen and oxygen atoms in total. The van der Waals surface area contributed by atoms with Crippen LogP contribution in [0.1, 0.15) is 25.8 Å². The normalized spacial score (nSPS) is 21.1. The van der Waals surface area contributed by atoms with Crippen molar-refractivity contribution in [2.75, 3.05) is 41.4 Å². The van der Waals surface area contributed by atoms with Gasteiger partial charge < -0.3 is 19.1 Å². The standard InChI is InChI=1S/C28H27ClF3N5O4/c1-27(2)40-15-19(41-27)14-39-23-8-4-7-22(33-23)34-26(38)37-18-9-10-36(13-18)21-12-20(29)24(35-25(21)37)16-5-3-6-17(11-16)28(30,31)32/h3-8,11-12,18-19H,9-10,13-15H2,1-2H3,(H,33,34,38)/t18?,19-/m1/s1. The molecule has 0 aliphatic carbocycles. The molecule has 1 N–H and O–H groups in total. The third-order valence-corrected chi connectivity index (χ3v) is 7.45. The van der Waals surface area contributed by atoms with Crippen LogP contribution in [0.5, 0.6) is 5.88 Å². The second kappa shape index (κ2) is 10.3. The molecule has 3 aromatic rings. The average molecular weight is 590 g/mol. The molecule has 2 saturated heterocycles. The van der Waals surface area contributed by atoms with Crippen molar-refractivity contribution in [3.8, 4) is 17.1 Å². The van der Waals surface area contributed by atoms with E-state index < -0.39 is 23.6 Å². The number of ether oxygens (including phenoxy) is 3. The lowest BCUT2D eigenvalue weighted by molar-refractivity contribution is -0.141. The second-order valence-electron chi connectivity index (χ2n) is 10.6. The highest BCUT2D eigenvalue weighted by Gasteiger charge is 2.41. The number of hydrogen-bond acceptors (Lipinski definition) is 7. The van der Waals surface area contributed by atoms with E-state index in [-0.39, 0.29) is 40.9 Å². The molecule has 1 unspecified atom stereocenters. The number of nitrogens with one attached hydrogen (secondary N) is 1.